The third-order valence-corrected chi connectivity index (χ3v) is 4.97. The van der Waals surface area contributed by atoms with Crippen LogP contribution in [0.4, 0.5) is 5.69 Å². The van der Waals surface area contributed by atoms with Crippen molar-refractivity contribution >= 4 is 27.4 Å². The minimum atomic E-state index is -3.80. The number of benzene rings is 1. The molecule has 0 radical (unpaired) electrons. The Bertz CT molecular complexity index is 656. The zero-order chi connectivity index (χ0) is 14.9. The molecule has 7 nitrogen and oxygen atoms in total. The highest BCUT2D eigenvalue weighted by atomic mass is 32.2. The van der Waals surface area contributed by atoms with E-state index in [-0.39, 0.29) is 23.5 Å². The molecule has 1 amide bonds. The summed E-state index contributed by atoms with van der Waals surface area (Å²) in [6.45, 7) is -0.353. The Balaban J connectivity index is 2.59. The molecule has 0 spiro atoms. The predicted octanol–water partition coefficient (Wildman–Crippen LogP) is -0.345. The van der Waals surface area contributed by atoms with Crippen molar-refractivity contribution in [2.75, 3.05) is 18.6 Å². The largest absolute Gasteiger partial charge is 0.468 e. The zero-order valence-electron chi connectivity index (χ0n) is 10.8. The molecule has 108 valence electrons. The van der Waals surface area contributed by atoms with E-state index in [1.165, 1.54) is 25.3 Å². The van der Waals surface area contributed by atoms with E-state index in [0.717, 1.165) is 4.90 Å². The number of hydrogen-bond acceptors (Lipinski definition) is 6. The van der Waals surface area contributed by atoms with Crippen molar-refractivity contribution < 1.29 is 22.7 Å². The summed E-state index contributed by atoms with van der Waals surface area (Å²) in [5.41, 5.74) is 5.74. The number of methoxy groups -OCH3 is 1. The highest BCUT2D eigenvalue weighted by molar-refractivity contribution is 7.92. The van der Waals surface area contributed by atoms with Gasteiger partial charge in [0.2, 0.25) is 5.91 Å². The monoisotopic (exact) mass is 298 g/mol. The molecule has 0 saturated heterocycles. The van der Waals surface area contributed by atoms with Crippen molar-refractivity contribution in [2.24, 2.45) is 5.73 Å². The highest BCUT2D eigenvalue weighted by Crippen LogP contribution is 2.31. The first-order valence-electron chi connectivity index (χ1n) is 5.83. The third kappa shape index (κ3) is 2.39. The average Bonchev–Trinajstić information content (AvgIpc) is 2.49. The molecule has 1 atom stereocenters. The Hall–Kier alpha value is -1.93. The van der Waals surface area contributed by atoms with Gasteiger partial charge < -0.3 is 10.5 Å². The van der Waals surface area contributed by atoms with Crippen molar-refractivity contribution in [3.05, 3.63) is 24.3 Å². The van der Waals surface area contributed by atoms with Crippen LogP contribution in [0.3, 0.4) is 0 Å². The molecule has 1 aromatic rings. The number of carbonyl (C=O) groups excluding carboxylic acids is 2. The maximum Gasteiger partial charge on any atom is 0.325 e. The van der Waals surface area contributed by atoms with Crippen molar-refractivity contribution in [1.29, 1.82) is 0 Å². The number of nitrogens with zero attached hydrogens (tertiary/aromatic N) is 1. The summed E-state index contributed by atoms with van der Waals surface area (Å²) in [5.74, 6) is -1.17. The SMILES string of the molecule is COC(=O)CN1C(=O)CC(N)S(=O)(=O)c2ccccc21. The van der Waals surface area contributed by atoms with Crippen LogP contribution in [0.15, 0.2) is 29.2 Å². The number of amides is 1. The zero-order valence-corrected chi connectivity index (χ0v) is 11.6. The van der Waals surface area contributed by atoms with E-state index in [1.807, 2.05) is 0 Å². The number of ether oxygens (including phenoxy) is 1. The molecule has 20 heavy (non-hydrogen) atoms. The Morgan fingerprint density at radius 3 is 2.75 bits per heavy atom. The van der Waals surface area contributed by atoms with Crippen LogP contribution < -0.4 is 10.6 Å². The van der Waals surface area contributed by atoms with E-state index >= 15 is 0 Å². The fraction of sp³-hybridized carbons (Fsp3) is 0.333. The van der Waals surface area contributed by atoms with Gasteiger partial charge in [-0.05, 0) is 12.1 Å². The second-order valence-corrected chi connectivity index (χ2v) is 6.45. The Morgan fingerprint density at radius 2 is 2.10 bits per heavy atom. The number of carbonyl (C=O) groups is 2. The summed E-state index contributed by atoms with van der Waals surface area (Å²) in [7, 11) is -2.61. The first kappa shape index (κ1) is 14.5. The van der Waals surface area contributed by atoms with Gasteiger partial charge in [-0.3, -0.25) is 14.5 Å². The van der Waals surface area contributed by atoms with Crippen molar-refractivity contribution in [1.82, 2.24) is 0 Å². The second-order valence-electron chi connectivity index (χ2n) is 4.31. The van der Waals surface area contributed by atoms with Crippen LogP contribution in [0.25, 0.3) is 0 Å². The molecule has 1 aliphatic rings. The fourth-order valence-corrected chi connectivity index (χ4v) is 3.40. The number of nitrogens with two attached hydrogens (primary N) is 1. The minimum Gasteiger partial charge on any atom is -0.468 e. The van der Waals surface area contributed by atoms with Crippen molar-refractivity contribution in [2.45, 2.75) is 16.7 Å². The molecule has 0 aromatic heterocycles. The van der Waals surface area contributed by atoms with Crippen LogP contribution in [0.5, 0.6) is 0 Å². The van der Waals surface area contributed by atoms with E-state index in [1.54, 1.807) is 6.07 Å². The van der Waals surface area contributed by atoms with Gasteiger partial charge in [-0.1, -0.05) is 12.1 Å². The number of anilines is 1. The van der Waals surface area contributed by atoms with Gasteiger partial charge in [0, 0.05) is 0 Å². The molecule has 1 heterocycles. The summed E-state index contributed by atoms with van der Waals surface area (Å²) >= 11 is 0. The number of hydrogen-bond donors (Lipinski definition) is 1. The molecule has 1 aliphatic heterocycles. The van der Waals surface area contributed by atoms with E-state index < -0.39 is 27.1 Å². The van der Waals surface area contributed by atoms with Gasteiger partial charge >= 0.3 is 5.97 Å². The lowest BCUT2D eigenvalue weighted by atomic mass is 10.2. The summed E-state index contributed by atoms with van der Waals surface area (Å²) in [5, 5.41) is -1.32. The van der Waals surface area contributed by atoms with Crippen molar-refractivity contribution in [3.63, 3.8) is 0 Å². The fourth-order valence-electron chi connectivity index (χ4n) is 1.98. The lowest BCUT2D eigenvalue weighted by Crippen LogP contribution is -2.38. The number of para-hydroxylation sites is 1. The van der Waals surface area contributed by atoms with Gasteiger partial charge in [0.25, 0.3) is 0 Å². The van der Waals surface area contributed by atoms with Gasteiger partial charge in [-0.15, -0.1) is 0 Å². The van der Waals surface area contributed by atoms with E-state index in [0.29, 0.717) is 0 Å². The summed E-state index contributed by atoms with van der Waals surface area (Å²) in [4.78, 5) is 24.5. The van der Waals surface area contributed by atoms with Gasteiger partial charge in [0.15, 0.2) is 9.84 Å². The molecule has 0 aliphatic carbocycles. The van der Waals surface area contributed by atoms with Gasteiger partial charge in [0.05, 0.1) is 24.1 Å². The molecule has 1 unspecified atom stereocenters. The van der Waals surface area contributed by atoms with Crippen LogP contribution in [0.1, 0.15) is 6.42 Å². The standard InChI is InChI=1S/C12H14N2O5S/c1-19-12(16)7-14-8-4-2-3-5-9(8)20(17,18)10(13)6-11(14)15/h2-5,10H,6-7,13H2,1H3. The van der Waals surface area contributed by atoms with Crippen LogP contribution in [0, 0.1) is 0 Å². The smallest absolute Gasteiger partial charge is 0.325 e. The highest BCUT2D eigenvalue weighted by Gasteiger charge is 2.37. The lowest BCUT2D eigenvalue weighted by molar-refractivity contribution is -0.140. The normalized spacial score (nSPS) is 21.0. The number of fused-ring (bicyclic) bond motifs is 1. The molecule has 2 N–H and O–H groups in total. The maximum atomic E-state index is 12.3. The lowest BCUT2D eigenvalue weighted by Gasteiger charge is -2.20. The van der Waals surface area contributed by atoms with E-state index in [9.17, 15) is 18.0 Å². The average molecular weight is 298 g/mol. The van der Waals surface area contributed by atoms with Gasteiger partial charge in [0.1, 0.15) is 11.9 Å². The van der Waals surface area contributed by atoms with Gasteiger partial charge in [-0.2, -0.15) is 0 Å². The summed E-state index contributed by atoms with van der Waals surface area (Å²) in [6.07, 6.45) is -0.381. The first-order chi connectivity index (χ1) is 9.37. The number of esters is 1. The maximum absolute atomic E-state index is 12.3. The molecular weight excluding hydrogens is 284 g/mol. The predicted molar refractivity (Wildman–Crippen MR) is 70.6 cm³/mol. The molecule has 8 heteroatoms. The second kappa shape index (κ2) is 5.22. The Kier molecular flexibility index (Phi) is 3.78. The molecular formula is C12H14N2O5S. The minimum absolute atomic E-state index is 0.0535. The number of rotatable bonds is 2. The Labute approximate surface area is 116 Å². The first-order valence-corrected chi connectivity index (χ1v) is 7.38. The Morgan fingerprint density at radius 1 is 1.45 bits per heavy atom. The van der Waals surface area contributed by atoms with E-state index in [2.05, 4.69) is 4.74 Å². The molecule has 0 fully saturated rings. The summed E-state index contributed by atoms with van der Waals surface area (Å²) < 4.78 is 29.0. The molecule has 0 bridgehead atoms. The van der Waals surface area contributed by atoms with Gasteiger partial charge in [-0.25, -0.2) is 8.42 Å². The molecule has 2 rings (SSSR count). The van der Waals surface area contributed by atoms with Crippen molar-refractivity contribution in [3.8, 4) is 0 Å². The van der Waals surface area contributed by atoms with Crippen LogP contribution in [-0.4, -0.2) is 39.3 Å². The molecule has 0 saturated carbocycles. The van der Waals surface area contributed by atoms with Crippen LogP contribution in [-0.2, 0) is 24.2 Å². The third-order valence-electron chi connectivity index (χ3n) is 3.05. The van der Waals surface area contributed by atoms with E-state index in [4.69, 9.17) is 5.73 Å². The summed E-state index contributed by atoms with van der Waals surface area (Å²) in [6, 6.07) is 5.96. The molecule has 1 aromatic carbocycles. The topological polar surface area (TPSA) is 107 Å². The quantitative estimate of drug-likeness (QED) is 0.748. The van der Waals surface area contributed by atoms with Crippen LogP contribution in [0.2, 0.25) is 0 Å². The number of sulfone groups is 1. The van der Waals surface area contributed by atoms with Crippen LogP contribution >= 0.6 is 0 Å².